The standard InChI is InChI=1S/C28H24Cl6O8/c1-11-7-13(11)3-5-39-25(35)19-21(33)15(29)9-17(31)23(19)41-27(37)28(38)42-24-18(32)10-16(30)22(34)20(24)26(36)40-6-4-14-8-12(14)2/h9-14H,3-8H2,1-2H3. The summed E-state index contributed by atoms with van der Waals surface area (Å²) in [6.45, 7) is 4.34. The highest BCUT2D eigenvalue weighted by atomic mass is 35.5. The van der Waals surface area contributed by atoms with Crippen molar-refractivity contribution in [2.75, 3.05) is 13.2 Å². The van der Waals surface area contributed by atoms with Crippen LogP contribution in [0, 0.1) is 23.7 Å². The fraction of sp³-hybridized carbons (Fsp3) is 0.429. The molecule has 8 nitrogen and oxygen atoms in total. The quantitative estimate of drug-likeness (QED) is 0.105. The lowest BCUT2D eigenvalue weighted by molar-refractivity contribution is -0.156. The predicted molar refractivity (Wildman–Crippen MR) is 159 cm³/mol. The number of carbonyl (C=O) groups is 4. The average molecular weight is 701 g/mol. The maximum Gasteiger partial charge on any atom is 0.423 e. The van der Waals surface area contributed by atoms with Gasteiger partial charge in [-0.3, -0.25) is 0 Å². The SMILES string of the molecule is CC1CC1CCOC(=O)c1c(Cl)c(Cl)cc(Cl)c1OC(=O)C(=O)Oc1c(Cl)cc(Cl)c(Cl)c1C(=O)OCCC1CC1C. The second-order valence-electron chi connectivity index (χ2n) is 10.3. The van der Waals surface area contributed by atoms with E-state index in [2.05, 4.69) is 13.8 Å². The number of benzene rings is 2. The van der Waals surface area contributed by atoms with Crippen molar-refractivity contribution >= 4 is 93.5 Å². The Balaban J connectivity index is 1.51. The fourth-order valence-electron chi connectivity index (χ4n) is 4.34. The summed E-state index contributed by atoms with van der Waals surface area (Å²) in [5, 5.41) is -1.46. The van der Waals surface area contributed by atoms with Crippen molar-refractivity contribution in [3.63, 3.8) is 0 Å². The highest BCUT2D eigenvalue weighted by molar-refractivity contribution is 6.47. The predicted octanol–water partition coefficient (Wildman–Crippen LogP) is 8.52. The Labute approximate surface area is 271 Å². The molecule has 14 heteroatoms. The number of hydrogen-bond acceptors (Lipinski definition) is 8. The lowest BCUT2D eigenvalue weighted by Crippen LogP contribution is -2.27. The van der Waals surface area contributed by atoms with E-state index >= 15 is 0 Å². The Hall–Kier alpha value is -1.94. The summed E-state index contributed by atoms with van der Waals surface area (Å²) in [7, 11) is 0. The summed E-state index contributed by atoms with van der Waals surface area (Å²) in [5.41, 5.74) is -0.915. The summed E-state index contributed by atoms with van der Waals surface area (Å²) in [6.07, 6.45) is 3.34. The third kappa shape index (κ3) is 7.76. The zero-order chi connectivity index (χ0) is 30.9. The van der Waals surface area contributed by atoms with E-state index in [0.29, 0.717) is 36.5 Å². The maximum absolute atomic E-state index is 12.9. The molecule has 0 heterocycles. The number of carbonyl (C=O) groups excluding carboxylic acids is 4. The van der Waals surface area contributed by atoms with Crippen molar-refractivity contribution in [1.82, 2.24) is 0 Å². The van der Waals surface area contributed by atoms with Gasteiger partial charge in [-0.15, -0.1) is 0 Å². The van der Waals surface area contributed by atoms with Crippen LogP contribution in [0.1, 0.15) is 60.2 Å². The molecular formula is C28H24Cl6O8. The first-order chi connectivity index (χ1) is 19.8. The molecule has 226 valence electrons. The van der Waals surface area contributed by atoms with Crippen LogP contribution in [0.2, 0.25) is 30.1 Å². The molecule has 0 amide bonds. The van der Waals surface area contributed by atoms with Crippen molar-refractivity contribution in [3.05, 3.63) is 53.4 Å². The molecule has 2 aliphatic carbocycles. The average Bonchev–Trinajstić information content (AvgIpc) is 3.83. The second-order valence-corrected chi connectivity index (χ2v) is 12.7. The minimum Gasteiger partial charge on any atom is -0.462 e. The molecular weight excluding hydrogens is 677 g/mol. The second kappa shape index (κ2) is 13.8. The van der Waals surface area contributed by atoms with E-state index in [1.807, 2.05) is 0 Å². The Morgan fingerprint density at radius 2 is 0.976 bits per heavy atom. The molecule has 2 aliphatic rings. The topological polar surface area (TPSA) is 105 Å². The van der Waals surface area contributed by atoms with Crippen molar-refractivity contribution in [1.29, 1.82) is 0 Å². The van der Waals surface area contributed by atoms with Crippen LogP contribution in [-0.2, 0) is 19.1 Å². The first-order valence-corrected chi connectivity index (χ1v) is 15.2. The van der Waals surface area contributed by atoms with Crippen LogP contribution >= 0.6 is 69.6 Å². The van der Waals surface area contributed by atoms with Crippen molar-refractivity contribution < 1.29 is 38.1 Å². The van der Waals surface area contributed by atoms with Gasteiger partial charge in [-0.25, -0.2) is 19.2 Å². The zero-order valence-electron chi connectivity index (χ0n) is 22.2. The van der Waals surface area contributed by atoms with Gasteiger partial charge in [0.1, 0.15) is 11.1 Å². The van der Waals surface area contributed by atoms with Crippen LogP contribution in [-0.4, -0.2) is 37.1 Å². The van der Waals surface area contributed by atoms with E-state index in [9.17, 15) is 19.2 Å². The van der Waals surface area contributed by atoms with E-state index in [-0.39, 0.29) is 43.3 Å². The summed E-state index contributed by atoms with van der Waals surface area (Å²) >= 11 is 37.0. The zero-order valence-corrected chi connectivity index (χ0v) is 26.8. The number of halogens is 6. The smallest absolute Gasteiger partial charge is 0.423 e. The lowest BCUT2D eigenvalue weighted by Gasteiger charge is -2.15. The molecule has 4 atom stereocenters. The van der Waals surface area contributed by atoms with Crippen LogP contribution in [0.5, 0.6) is 11.5 Å². The molecule has 2 fully saturated rings. The first-order valence-electron chi connectivity index (χ1n) is 12.9. The van der Waals surface area contributed by atoms with Gasteiger partial charge in [0, 0.05) is 0 Å². The van der Waals surface area contributed by atoms with E-state index in [4.69, 9.17) is 88.6 Å². The molecule has 0 radical (unpaired) electrons. The van der Waals surface area contributed by atoms with Gasteiger partial charge in [-0.05, 0) is 61.5 Å². The van der Waals surface area contributed by atoms with Crippen LogP contribution in [0.4, 0.5) is 0 Å². The van der Waals surface area contributed by atoms with Crippen LogP contribution < -0.4 is 9.47 Å². The minimum atomic E-state index is -1.64. The molecule has 0 saturated heterocycles. The molecule has 0 spiro atoms. The van der Waals surface area contributed by atoms with Gasteiger partial charge in [-0.2, -0.15) is 0 Å². The molecule has 0 aliphatic heterocycles. The van der Waals surface area contributed by atoms with Crippen molar-refractivity contribution in [2.24, 2.45) is 23.7 Å². The fourth-order valence-corrected chi connectivity index (χ4v) is 5.78. The van der Waals surface area contributed by atoms with E-state index < -0.39 is 46.5 Å². The van der Waals surface area contributed by atoms with E-state index in [1.54, 1.807) is 0 Å². The Kier molecular flexibility index (Phi) is 10.8. The molecule has 2 aromatic rings. The molecule has 4 unspecified atom stereocenters. The molecule has 0 N–H and O–H groups in total. The number of ether oxygens (including phenoxy) is 4. The molecule has 4 rings (SSSR count). The molecule has 42 heavy (non-hydrogen) atoms. The Bertz CT molecular complexity index is 1340. The molecule has 0 aromatic heterocycles. The molecule has 2 saturated carbocycles. The highest BCUT2D eigenvalue weighted by Gasteiger charge is 2.35. The van der Waals surface area contributed by atoms with Gasteiger partial charge < -0.3 is 18.9 Å². The summed E-state index contributed by atoms with van der Waals surface area (Å²) in [6, 6.07) is 2.24. The van der Waals surface area contributed by atoms with Crippen LogP contribution in [0.3, 0.4) is 0 Å². The van der Waals surface area contributed by atoms with Gasteiger partial charge >= 0.3 is 23.9 Å². The van der Waals surface area contributed by atoms with Gasteiger partial charge in [0.2, 0.25) is 0 Å². The third-order valence-corrected chi connectivity index (χ3v) is 9.35. The lowest BCUT2D eigenvalue weighted by atomic mass is 10.2. The largest absolute Gasteiger partial charge is 0.462 e. The highest BCUT2D eigenvalue weighted by Crippen LogP contribution is 2.43. The monoisotopic (exact) mass is 698 g/mol. The summed E-state index contributed by atoms with van der Waals surface area (Å²) < 4.78 is 20.8. The number of rotatable bonds is 10. The summed E-state index contributed by atoms with van der Waals surface area (Å²) in [5.74, 6) is -4.37. The summed E-state index contributed by atoms with van der Waals surface area (Å²) in [4.78, 5) is 51.4. The Morgan fingerprint density at radius 1 is 0.643 bits per heavy atom. The van der Waals surface area contributed by atoms with Gasteiger partial charge in [0.05, 0.1) is 43.3 Å². The van der Waals surface area contributed by atoms with Crippen LogP contribution in [0.25, 0.3) is 0 Å². The van der Waals surface area contributed by atoms with Gasteiger partial charge in [0.25, 0.3) is 0 Å². The number of hydrogen-bond donors (Lipinski definition) is 0. The van der Waals surface area contributed by atoms with Gasteiger partial charge in [0.15, 0.2) is 11.5 Å². The molecule has 0 bridgehead atoms. The van der Waals surface area contributed by atoms with Crippen molar-refractivity contribution in [3.8, 4) is 11.5 Å². The normalized spacial score (nSPS) is 20.5. The number of esters is 4. The van der Waals surface area contributed by atoms with Gasteiger partial charge in [-0.1, -0.05) is 83.5 Å². The maximum atomic E-state index is 12.9. The van der Waals surface area contributed by atoms with Crippen molar-refractivity contribution in [2.45, 2.75) is 39.5 Å². The van der Waals surface area contributed by atoms with E-state index in [0.717, 1.165) is 25.0 Å². The third-order valence-electron chi connectivity index (χ3n) is 7.21. The minimum absolute atomic E-state index is 0.0815. The Morgan fingerprint density at radius 3 is 1.29 bits per heavy atom. The molecule has 2 aromatic carbocycles. The van der Waals surface area contributed by atoms with E-state index in [1.165, 1.54) is 0 Å². The van der Waals surface area contributed by atoms with Crippen LogP contribution in [0.15, 0.2) is 12.1 Å². The first kappa shape index (κ1) is 33.0.